The lowest BCUT2D eigenvalue weighted by atomic mass is 10.1. The number of aromatic nitrogens is 1. The fraction of sp³-hybridized carbons (Fsp3) is 0.280. The number of anilines is 2. The Morgan fingerprint density at radius 3 is 2.33 bits per heavy atom. The SMILES string of the molecule is CNC=CCS(=O)(=O)c1cc(C)cc(C)c1NC(=O)c1scc(C)c1S(=O)(=O)CC=CNc1onc(C)c1Cl. The molecule has 1 aromatic carbocycles. The van der Waals surface area contributed by atoms with E-state index >= 15 is 0 Å². The predicted molar refractivity (Wildman–Crippen MR) is 154 cm³/mol. The van der Waals surface area contributed by atoms with Crippen LogP contribution in [0.1, 0.15) is 32.1 Å². The van der Waals surface area contributed by atoms with Crippen LogP contribution in [-0.4, -0.2) is 46.5 Å². The summed E-state index contributed by atoms with van der Waals surface area (Å²) in [5.41, 5.74) is 2.25. The molecule has 0 aliphatic rings. The van der Waals surface area contributed by atoms with Gasteiger partial charge in [-0.15, -0.1) is 11.3 Å². The molecular formula is C25H29ClN4O6S3. The molecule has 14 heteroatoms. The van der Waals surface area contributed by atoms with Crippen LogP contribution in [0.25, 0.3) is 0 Å². The third-order valence-corrected chi connectivity index (χ3v) is 10.6. The van der Waals surface area contributed by atoms with E-state index in [4.69, 9.17) is 16.1 Å². The quantitative estimate of drug-likeness (QED) is 0.278. The Bertz CT molecular complexity index is 1650. The zero-order valence-corrected chi connectivity index (χ0v) is 25.2. The number of amides is 1. The van der Waals surface area contributed by atoms with Gasteiger partial charge in [-0.25, -0.2) is 16.8 Å². The van der Waals surface area contributed by atoms with Crippen molar-refractivity contribution in [2.45, 2.75) is 37.5 Å². The lowest BCUT2D eigenvalue weighted by Gasteiger charge is -2.15. The van der Waals surface area contributed by atoms with Gasteiger partial charge in [-0.05, 0) is 62.0 Å². The lowest BCUT2D eigenvalue weighted by molar-refractivity contribution is 0.102. The van der Waals surface area contributed by atoms with Crippen LogP contribution in [-0.2, 0) is 19.7 Å². The molecule has 0 unspecified atom stereocenters. The number of thiophene rings is 1. The highest BCUT2D eigenvalue weighted by molar-refractivity contribution is 7.92. The summed E-state index contributed by atoms with van der Waals surface area (Å²) in [6.07, 6.45) is 5.69. The fourth-order valence-corrected chi connectivity index (χ4v) is 8.12. The lowest BCUT2D eigenvalue weighted by Crippen LogP contribution is -2.19. The van der Waals surface area contributed by atoms with Gasteiger partial charge in [-0.3, -0.25) is 4.79 Å². The second-order valence-electron chi connectivity index (χ2n) is 8.70. The van der Waals surface area contributed by atoms with Gasteiger partial charge in [0, 0.05) is 13.2 Å². The van der Waals surface area contributed by atoms with E-state index in [0.29, 0.717) is 22.4 Å². The van der Waals surface area contributed by atoms with Crippen LogP contribution >= 0.6 is 22.9 Å². The first-order valence-electron chi connectivity index (χ1n) is 11.6. The van der Waals surface area contributed by atoms with Gasteiger partial charge >= 0.3 is 0 Å². The molecule has 0 atom stereocenters. The second kappa shape index (κ2) is 12.4. The van der Waals surface area contributed by atoms with Gasteiger partial charge in [0.25, 0.3) is 5.91 Å². The summed E-state index contributed by atoms with van der Waals surface area (Å²) < 4.78 is 57.7. The van der Waals surface area contributed by atoms with Gasteiger partial charge < -0.3 is 20.5 Å². The van der Waals surface area contributed by atoms with Crippen molar-refractivity contribution in [3.8, 4) is 0 Å². The topological polar surface area (TPSA) is 147 Å². The van der Waals surface area contributed by atoms with Crippen molar-refractivity contribution in [2.75, 3.05) is 29.2 Å². The number of sulfone groups is 2. The van der Waals surface area contributed by atoms with Crippen LogP contribution < -0.4 is 16.0 Å². The van der Waals surface area contributed by atoms with Crippen molar-refractivity contribution in [1.29, 1.82) is 0 Å². The van der Waals surface area contributed by atoms with Crippen molar-refractivity contribution in [3.63, 3.8) is 0 Å². The van der Waals surface area contributed by atoms with Crippen LogP contribution in [0.5, 0.6) is 0 Å². The maximum atomic E-state index is 13.4. The van der Waals surface area contributed by atoms with E-state index in [0.717, 1.165) is 11.3 Å². The third-order valence-electron chi connectivity index (χ3n) is 5.49. The molecule has 2 heterocycles. The summed E-state index contributed by atoms with van der Waals surface area (Å²) in [6.45, 7) is 6.70. The molecular weight excluding hydrogens is 584 g/mol. The van der Waals surface area contributed by atoms with E-state index in [1.165, 1.54) is 30.6 Å². The van der Waals surface area contributed by atoms with Gasteiger partial charge in [-0.2, -0.15) is 0 Å². The first-order valence-corrected chi connectivity index (χ1v) is 16.2. The number of hydrogen-bond acceptors (Lipinski definition) is 10. The minimum atomic E-state index is -3.94. The zero-order chi connectivity index (χ0) is 29.0. The van der Waals surface area contributed by atoms with E-state index in [2.05, 4.69) is 21.1 Å². The van der Waals surface area contributed by atoms with Crippen LogP contribution in [0.2, 0.25) is 5.02 Å². The number of aryl methyl sites for hydroxylation is 4. The minimum absolute atomic E-state index is 0.0397. The number of halogens is 1. The largest absolute Gasteiger partial charge is 0.394 e. The molecule has 3 aromatic rings. The summed E-state index contributed by atoms with van der Waals surface area (Å²) in [7, 11) is -6.09. The number of hydrogen-bond donors (Lipinski definition) is 3. The summed E-state index contributed by atoms with van der Waals surface area (Å²) in [6, 6.07) is 3.23. The highest BCUT2D eigenvalue weighted by atomic mass is 35.5. The molecule has 10 nitrogen and oxygen atoms in total. The molecule has 0 aliphatic heterocycles. The van der Waals surface area contributed by atoms with E-state index in [-0.39, 0.29) is 37.0 Å². The molecule has 210 valence electrons. The summed E-state index contributed by atoms with van der Waals surface area (Å²) in [4.78, 5) is 13.2. The Morgan fingerprint density at radius 2 is 1.69 bits per heavy atom. The Hall–Kier alpha value is -3.13. The highest BCUT2D eigenvalue weighted by Crippen LogP contribution is 2.32. The molecule has 39 heavy (non-hydrogen) atoms. The molecule has 0 saturated heterocycles. The summed E-state index contributed by atoms with van der Waals surface area (Å²) in [5.74, 6) is -1.23. The first kappa shape index (κ1) is 30.4. The molecule has 1 amide bonds. The molecule has 0 saturated carbocycles. The highest BCUT2D eigenvalue weighted by Gasteiger charge is 2.28. The molecule has 0 radical (unpaired) electrons. The van der Waals surface area contributed by atoms with E-state index in [1.54, 1.807) is 46.2 Å². The molecule has 0 fully saturated rings. The number of rotatable bonds is 11. The molecule has 2 aromatic heterocycles. The molecule has 0 aliphatic carbocycles. The molecule has 0 spiro atoms. The predicted octanol–water partition coefficient (Wildman–Crippen LogP) is 4.78. The first-order chi connectivity index (χ1) is 18.3. The Labute approximate surface area is 237 Å². The maximum Gasteiger partial charge on any atom is 0.267 e. The van der Waals surface area contributed by atoms with Gasteiger partial charge in [0.05, 0.1) is 27.0 Å². The van der Waals surface area contributed by atoms with Crippen molar-refractivity contribution in [1.82, 2.24) is 10.5 Å². The van der Waals surface area contributed by atoms with Crippen molar-refractivity contribution in [3.05, 3.63) is 74.3 Å². The van der Waals surface area contributed by atoms with Gasteiger partial charge in [0.1, 0.15) is 15.6 Å². The third kappa shape index (κ3) is 7.10. The summed E-state index contributed by atoms with van der Waals surface area (Å²) in [5, 5.41) is 13.7. The van der Waals surface area contributed by atoms with Gasteiger partial charge in [0.2, 0.25) is 5.88 Å². The van der Waals surface area contributed by atoms with Crippen molar-refractivity contribution < 1.29 is 26.2 Å². The molecule has 3 N–H and O–H groups in total. The maximum absolute atomic E-state index is 13.4. The Balaban J connectivity index is 1.89. The minimum Gasteiger partial charge on any atom is -0.394 e. The standard InChI is InChI=1S/C25H29ClN4O6S3/c1-15-12-16(2)21(19(13-15)38(32,33)10-6-8-27-5)29-24(31)22-23(17(3)14-37-22)39(34,35)11-7-9-28-25-20(26)18(4)30-36-25/h6-9,12-14,27-28H,10-11H2,1-5H3,(H,29,31). The Morgan fingerprint density at radius 1 is 1.03 bits per heavy atom. The van der Waals surface area contributed by atoms with Crippen molar-refractivity contribution in [2.24, 2.45) is 0 Å². The van der Waals surface area contributed by atoms with Gasteiger partial charge in [-0.1, -0.05) is 35.0 Å². The average Bonchev–Trinajstić information content (AvgIpc) is 3.40. The number of carbonyl (C=O) groups is 1. The van der Waals surface area contributed by atoms with Gasteiger partial charge in [0.15, 0.2) is 19.7 Å². The fourth-order valence-electron chi connectivity index (χ4n) is 3.70. The molecule has 0 bridgehead atoms. The smallest absolute Gasteiger partial charge is 0.267 e. The van der Waals surface area contributed by atoms with Crippen molar-refractivity contribution >= 4 is 60.1 Å². The normalized spacial score (nSPS) is 12.4. The van der Waals surface area contributed by atoms with Crippen LogP contribution in [0, 0.1) is 27.7 Å². The number of benzene rings is 1. The monoisotopic (exact) mass is 612 g/mol. The number of nitrogens with zero attached hydrogens (tertiary/aromatic N) is 1. The van der Waals surface area contributed by atoms with E-state index < -0.39 is 31.3 Å². The summed E-state index contributed by atoms with van der Waals surface area (Å²) >= 11 is 7.00. The van der Waals surface area contributed by atoms with Crippen LogP contribution in [0.3, 0.4) is 0 Å². The van der Waals surface area contributed by atoms with E-state index in [1.807, 2.05) is 0 Å². The zero-order valence-electron chi connectivity index (χ0n) is 22.0. The number of carbonyl (C=O) groups excluding carboxylic acids is 1. The average molecular weight is 613 g/mol. The molecule has 3 rings (SSSR count). The second-order valence-corrected chi connectivity index (χ2v) is 13.9. The Kier molecular flexibility index (Phi) is 9.64. The van der Waals surface area contributed by atoms with Crippen LogP contribution in [0.4, 0.5) is 11.6 Å². The van der Waals surface area contributed by atoms with Crippen LogP contribution in [0.15, 0.2) is 56.4 Å². The van der Waals surface area contributed by atoms with E-state index in [9.17, 15) is 21.6 Å². The number of nitrogens with one attached hydrogen (secondary N) is 3.